The van der Waals surface area contributed by atoms with Crippen molar-refractivity contribution in [1.82, 2.24) is 0 Å². The second-order valence-electron chi connectivity index (χ2n) is 9.61. The number of carbonyl (C=O) groups excluding carboxylic acids is 2. The molecule has 0 aliphatic carbocycles. The number of hydrogen-bond acceptors (Lipinski definition) is 4. The highest BCUT2D eigenvalue weighted by Gasteiger charge is 2.47. The maximum Gasteiger partial charge on any atom is 0.300 e. The van der Waals surface area contributed by atoms with Crippen molar-refractivity contribution in [3.63, 3.8) is 0 Å². The first-order valence-electron chi connectivity index (χ1n) is 12.2. The summed E-state index contributed by atoms with van der Waals surface area (Å²) >= 11 is 0. The summed E-state index contributed by atoms with van der Waals surface area (Å²) in [7, 11) is 0. The van der Waals surface area contributed by atoms with Crippen LogP contribution in [-0.4, -0.2) is 29.9 Å². The number of aliphatic hydroxyl groups is 1. The topological polar surface area (TPSA) is 60.9 Å². The molecule has 1 unspecified atom stereocenters. The highest BCUT2D eigenvalue weighted by atomic mass is 16.3. The highest BCUT2D eigenvalue weighted by molar-refractivity contribution is 6.51. The van der Waals surface area contributed by atoms with Crippen molar-refractivity contribution in [2.45, 2.75) is 39.7 Å². The predicted molar refractivity (Wildman–Crippen MR) is 140 cm³/mol. The van der Waals surface area contributed by atoms with Crippen molar-refractivity contribution in [2.75, 3.05) is 22.9 Å². The zero-order valence-electron chi connectivity index (χ0n) is 20.4. The molecule has 0 aromatic heterocycles. The summed E-state index contributed by atoms with van der Waals surface area (Å²) in [5, 5.41) is 11.4. The van der Waals surface area contributed by atoms with Crippen LogP contribution in [0.5, 0.6) is 0 Å². The van der Waals surface area contributed by atoms with Crippen LogP contribution >= 0.6 is 0 Å². The molecule has 0 spiro atoms. The van der Waals surface area contributed by atoms with E-state index >= 15 is 0 Å². The zero-order valence-corrected chi connectivity index (χ0v) is 20.4. The first kappa shape index (κ1) is 22.9. The normalized spacial score (nSPS) is 19.6. The number of anilines is 2. The molecule has 1 atom stereocenters. The number of carbonyl (C=O) groups is 2. The highest BCUT2D eigenvalue weighted by Crippen LogP contribution is 2.43. The average Bonchev–Trinajstić information content (AvgIpc) is 3.48. The summed E-state index contributed by atoms with van der Waals surface area (Å²) in [6, 6.07) is 20.6. The standard InChI is InChI=1S/C30H30N2O3/c1-19-7-6-8-22(17-19)27-26(28(33)25-18-20(2)9-10-21(25)3)29(34)30(35)32(27)24-13-11-23(12-14-24)31-15-4-5-16-31/h6-14,17-18,27,33H,4-5,15-16H2,1-3H3/b28-26+. The van der Waals surface area contributed by atoms with Crippen LogP contribution in [-0.2, 0) is 9.59 Å². The van der Waals surface area contributed by atoms with Gasteiger partial charge in [0.15, 0.2) is 0 Å². The van der Waals surface area contributed by atoms with Crippen LogP contribution in [0.4, 0.5) is 11.4 Å². The Morgan fingerprint density at radius 3 is 2.17 bits per heavy atom. The van der Waals surface area contributed by atoms with Gasteiger partial charge in [0.2, 0.25) is 0 Å². The van der Waals surface area contributed by atoms with Gasteiger partial charge in [0.1, 0.15) is 5.76 Å². The van der Waals surface area contributed by atoms with Crippen molar-refractivity contribution in [3.05, 3.63) is 100 Å². The quantitative estimate of drug-likeness (QED) is 0.298. The van der Waals surface area contributed by atoms with Gasteiger partial charge in [0.05, 0.1) is 11.6 Å². The van der Waals surface area contributed by atoms with Crippen molar-refractivity contribution in [3.8, 4) is 0 Å². The monoisotopic (exact) mass is 466 g/mol. The van der Waals surface area contributed by atoms with Crippen molar-refractivity contribution in [2.24, 2.45) is 0 Å². The molecule has 2 heterocycles. The molecule has 178 valence electrons. The lowest BCUT2D eigenvalue weighted by Crippen LogP contribution is -2.29. The third kappa shape index (κ3) is 4.12. The lowest BCUT2D eigenvalue weighted by atomic mass is 9.92. The van der Waals surface area contributed by atoms with E-state index in [-0.39, 0.29) is 11.3 Å². The summed E-state index contributed by atoms with van der Waals surface area (Å²) in [4.78, 5) is 30.7. The third-order valence-corrected chi connectivity index (χ3v) is 7.05. The van der Waals surface area contributed by atoms with Gasteiger partial charge in [-0.05, 0) is 75.1 Å². The number of aryl methyl sites for hydroxylation is 3. The van der Waals surface area contributed by atoms with E-state index in [9.17, 15) is 14.7 Å². The molecular formula is C30H30N2O3. The molecule has 35 heavy (non-hydrogen) atoms. The van der Waals surface area contributed by atoms with Gasteiger partial charge in [-0.3, -0.25) is 14.5 Å². The van der Waals surface area contributed by atoms with Crippen LogP contribution in [0.15, 0.2) is 72.3 Å². The van der Waals surface area contributed by atoms with Gasteiger partial charge < -0.3 is 10.0 Å². The van der Waals surface area contributed by atoms with Crippen LogP contribution in [0, 0.1) is 20.8 Å². The second kappa shape index (κ2) is 9.06. The lowest BCUT2D eigenvalue weighted by Gasteiger charge is -2.26. The minimum absolute atomic E-state index is 0.123. The Bertz CT molecular complexity index is 1330. The summed E-state index contributed by atoms with van der Waals surface area (Å²) in [6.07, 6.45) is 2.37. The fourth-order valence-electron chi connectivity index (χ4n) is 5.19. The number of aliphatic hydroxyl groups excluding tert-OH is 1. The largest absolute Gasteiger partial charge is 0.507 e. The fraction of sp³-hybridized carbons (Fsp3) is 0.267. The maximum atomic E-state index is 13.4. The van der Waals surface area contributed by atoms with E-state index in [0.29, 0.717) is 11.3 Å². The van der Waals surface area contributed by atoms with E-state index in [1.807, 2.05) is 87.5 Å². The Balaban J connectivity index is 1.66. The van der Waals surface area contributed by atoms with E-state index in [4.69, 9.17) is 0 Å². The SMILES string of the molecule is Cc1cccc(C2/C(=C(\O)c3cc(C)ccc3C)C(=O)C(=O)N2c2ccc(N3CCCC3)cc2)c1. The number of rotatable bonds is 4. The Morgan fingerprint density at radius 1 is 0.829 bits per heavy atom. The summed E-state index contributed by atoms with van der Waals surface area (Å²) in [6.45, 7) is 7.87. The van der Waals surface area contributed by atoms with Crippen LogP contribution < -0.4 is 9.80 Å². The first-order chi connectivity index (χ1) is 16.8. The van der Waals surface area contributed by atoms with Gasteiger partial charge in [-0.2, -0.15) is 0 Å². The molecular weight excluding hydrogens is 436 g/mol. The fourth-order valence-corrected chi connectivity index (χ4v) is 5.19. The Kier molecular flexibility index (Phi) is 5.93. The molecule has 0 saturated carbocycles. The van der Waals surface area contributed by atoms with Crippen LogP contribution in [0.1, 0.15) is 46.7 Å². The van der Waals surface area contributed by atoms with Crippen LogP contribution in [0.2, 0.25) is 0 Å². The molecule has 2 aliphatic rings. The van der Waals surface area contributed by atoms with Crippen molar-refractivity contribution >= 4 is 28.8 Å². The molecule has 2 saturated heterocycles. The molecule has 0 radical (unpaired) electrons. The van der Waals surface area contributed by atoms with Gasteiger partial charge in [0, 0.05) is 30.0 Å². The average molecular weight is 467 g/mol. The number of hydrogen-bond donors (Lipinski definition) is 1. The Hall–Kier alpha value is -3.86. The van der Waals surface area contributed by atoms with Gasteiger partial charge in [0.25, 0.3) is 11.7 Å². The number of Topliss-reactive ketones (excluding diaryl/α,β-unsaturated/α-hetero) is 1. The number of ketones is 1. The molecule has 5 heteroatoms. The molecule has 0 bridgehead atoms. The van der Waals surface area contributed by atoms with E-state index in [1.165, 1.54) is 17.7 Å². The van der Waals surface area contributed by atoms with E-state index in [0.717, 1.165) is 41.0 Å². The molecule has 5 rings (SSSR count). The van der Waals surface area contributed by atoms with E-state index in [1.54, 1.807) is 0 Å². The second-order valence-corrected chi connectivity index (χ2v) is 9.61. The van der Waals surface area contributed by atoms with Gasteiger partial charge >= 0.3 is 0 Å². The minimum atomic E-state index is -0.715. The predicted octanol–water partition coefficient (Wildman–Crippen LogP) is 5.84. The van der Waals surface area contributed by atoms with Crippen LogP contribution in [0.3, 0.4) is 0 Å². The first-order valence-corrected chi connectivity index (χ1v) is 12.2. The molecule has 5 nitrogen and oxygen atoms in total. The zero-order chi connectivity index (χ0) is 24.7. The summed E-state index contributed by atoms with van der Waals surface area (Å²) in [5.41, 5.74) is 6.08. The van der Waals surface area contributed by atoms with E-state index < -0.39 is 17.7 Å². The molecule has 2 fully saturated rings. The van der Waals surface area contributed by atoms with Crippen LogP contribution in [0.25, 0.3) is 5.76 Å². The smallest absolute Gasteiger partial charge is 0.300 e. The molecule has 3 aromatic rings. The van der Waals surface area contributed by atoms with Gasteiger partial charge in [-0.25, -0.2) is 0 Å². The minimum Gasteiger partial charge on any atom is -0.507 e. The summed E-state index contributed by atoms with van der Waals surface area (Å²) in [5.74, 6) is -1.43. The lowest BCUT2D eigenvalue weighted by molar-refractivity contribution is -0.132. The number of nitrogens with zero attached hydrogens (tertiary/aromatic N) is 2. The van der Waals surface area contributed by atoms with Crippen molar-refractivity contribution < 1.29 is 14.7 Å². The van der Waals surface area contributed by atoms with Gasteiger partial charge in [-0.15, -0.1) is 0 Å². The molecule has 1 N–H and O–H groups in total. The maximum absolute atomic E-state index is 13.4. The van der Waals surface area contributed by atoms with E-state index in [2.05, 4.69) is 4.90 Å². The molecule has 2 aliphatic heterocycles. The summed E-state index contributed by atoms with van der Waals surface area (Å²) < 4.78 is 0. The molecule has 1 amide bonds. The third-order valence-electron chi connectivity index (χ3n) is 7.05. The van der Waals surface area contributed by atoms with Gasteiger partial charge in [-0.1, -0.05) is 47.5 Å². The number of amides is 1. The molecule has 3 aromatic carbocycles. The van der Waals surface area contributed by atoms with Crippen molar-refractivity contribution in [1.29, 1.82) is 0 Å². The number of benzene rings is 3. The Morgan fingerprint density at radius 2 is 1.49 bits per heavy atom. The Labute approximate surface area is 206 Å².